The molecule has 0 aliphatic carbocycles. The van der Waals surface area contributed by atoms with Gasteiger partial charge in [0.1, 0.15) is 5.75 Å². The van der Waals surface area contributed by atoms with E-state index in [2.05, 4.69) is 0 Å². The summed E-state index contributed by atoms with van der Waals surface area (Å²) >= 11 is 0. The molecule has 6 heteroatoms. The third kappa shape index (κ3) is 3.42. The molecule has 0 rings (SSSR count). The molecule has 0 aliphatic rings. The molecule has 0 radical (unpaired) electrons. The molecule has 0 aromatic carbocycles. The highest BCUT2D eigenvalue weighted by Gasteiger charge is 2.41. The summed E-state index contributed by atoms with van der Waals surface area (Å²) in [5.74, 6) is -1.75. The quantitative estimate of drug-likeness (QED) is 0.652. The molecule has 0 heterocycles. The van der Waals surface area contributed by atoms with Crippen LogP contribution in [0.2, 0.25) is 0 Å². The van der Waals surface area contributed by atoms with Crippen molar-refractivity contribution in [2.45, 2.75) is 31.7 Å². The fourth-order valence-corrected chi connectivity index (χ4v) is 1.30. The van der Waals surface area contributed by atoms with Gasteiger partial charge in [0, 0.05) is 0 Å². The second-order valence-corrected chi connectivity index (χ2v) is 6.23. The second kappa shape index (κ2) is 2.90. The zero-order chi connectivity index (χ0) is 10.2. The van der Waals surface area contributed by atoms with Gasteiger partial charge in [-0.1, -0.05) is 0 Å². The normalized spacial score (nSPS) is 14.8. The third-order valence-corrected chi connectivity index (χ3v) is 3.86. The Labute approximate surface area is 69.7 Å². The summed E-state index contributed by atoms with van der Waals surface area (Å²) in [5.41, 5.74) is 0. The monoisotopic (exact) mass is 204 g/mol. The maximum Gasteiger partial charge on any atom is 0.402 e. The molecule has 0 saturated carbocycles. The summed E-state index contributed by atoms with van der Waals surface area (Å²) in [6.45, 7) is 3.73. The Hall–Kier alpha value is -0.260. The lowest BCUT2D eigenvalue weighted by Crippen LogP contribution is -2.36. The molecule has 0 aromatic heterocycles. The van der Waals surface area contributed by atoms with Gasteiger partial charge in [-0.15, -0.1) is 0 Å². The summed E-state index contributed by atoms with van der Waals surface area (Å²) in [6, 6.07) is 0. The molecule has 0 atom stereocenters. The smallest absolute Gasteiger partial charge is 0.228 e. The largest absolute Gasteiger partial charge is 0.402 e. The maximum atomic E-state index is 11.7. The lowest BCUT2D eigenvalue weighted by atomic mass is 10.3. The predicted molar refractivity (Wildman–Crippen MR) is 39.6 cm³/mol. The van der Waals surface area contributed by atoms with Crippen LogP contribution in [0.4, 0.5) is 13.2 Å². The lowest BCUT2D eigenvalue weighted by molar-refractivity contribution is -0.106. The highest BCUT2D eigenvalue weighted by atomic mass is 32.2. The first-order valence-corrected chi connectivity index (χ1v) is 4.90. The van der Waals surface area contributed by atoms with E-state index < -0.39 is 26.5 Å². The molecule has 0 N–H and O–H groups in total. The van der Waals surface area contributed by atoms with E-state index in [-0.39, 0.29) is 0 Å². The Kier molecular flexibility index (Phi) is 2.84. The summed E-state index contributed by atoms with van der Waals surface area (Å²) in [5, 5.41) is 0. The molecule has 0 unspecified atom stereocenters. The first-order chi connectivity index (χ1) is 4.96. The fourth-order valence-electron chi connectivity index (χ4n) is 0.432. The maximum absolute atomic E-state index is 11.7. The number of alkyl halides is 3. The van der Waals surface area contributed by atoms with Crippen LogP contribution in [0.3, 0.4) is 0 Å². The van der Waals surface area contributed by atoms with E-state index in [9.17, 15) is 21.6 Å². The van der Waals surface area contributed by atoms with Crippen molar-refractivity contribution >= 4 is 9.84 Å². The molecular weight excluding hydrogens is 193 g/mol. The Balaban J connectivity index is 4.70. The molecule has 0 fully saturated rings. The number of sulfone groups is 1. The molecule has 12 heavy (non-hydrogen) atoms. The first-order valence-electron chi connectivity index (χ1n) is 3.25. The first kappa shape index (κ1) is 11.7. The van der Waals surface area contributed by atoms with Crippen molar-refractivity contribution in [2.24, 2.45) is 0 Å². The van der Waals surface area contributed by atoms with Gasteiger partial charge in [0.25, 0.3) is 0 Å². The minimum Gasteiger partial charge on any atom is -0.228 e. The van der Waals surface area contributed by atoms with Crippen molar-refractivity contribution in [2.75, 3.05) is 5.75 Å². The molecule has 0 bridgehead atoms. The standard InChI is InChI=1S/C6H11F3O2S/c1-5(2,3)12(10,11)4-6(7,8)9/h4H2,1-3H3. The number of hydrogen-bond acceptors (Lipinski definition) is 2. The third-order valence-electron chi connectivity index (χ3n) is 1.29. The topological polar surface area (TPSA) is 34.1 Å². The molecule has 0 aromatic rings. The van der Waals surface area contributed by atoms with E-state index in [4.69, 9.17) is 0 Å². The van der Waals surface area contributed by atoms with Gasteiger partial charge in [0.2, 0.25) is 0 Å². The van der Waals surface area contributed by atoms with Gasteiger partial charge in [-0.2, -0.15) is 13.2 Å². The lowest BCUT2D eigenvalue weighted by Gasteiger charge is -2.19. The van der Waals surface area contributed by atoms with Gasteiger partial charge < -0.3 is 0 Å². The Morgan fingerprint density at radius 3 is 1.50 bits per heavy atom. The van der Waals surface area contributed by atoms with Crippen molar-refractivity contribution < 1.29 is 21.6 Å². The van der Waals surface area contributed by atoms with Gasteiger partial charge in [-0.05, 0) is 20.8 Å². The number of halogens is 3. The van der Waals surface area contributed by atoms with Crippen molar-refractivity contribution in [3.8, 4) is 0 Å². The number of hydrogen-bond donors (Lipinski definition) is 0. The van der Waals surface area contributed by atoms with Gasteiger partial charge in [-0.25, -0.2) is 8.42 Å². The second-order valence-electron chi connectivity index (χ2n) is 3.49. The van der Waals surface area contributed by atoms with E-state index in [0.29, 0.717) is 0 Å². The zero-order valence-corrected chi connectivity index (χ0v) is 7.88. The highest BCUT2D eigenvalue weighted by Crippen LogP contribution is 2.24. The highest BCUT2D eigenvalue weighted by molar-refractivity contribution is 7.92. The average molecular weight is 204 g/mol. The van der Waals surface area contributed by atoms with E-state index in [1.54, 1.807) is 0 Å². The number of rotatable bonds is 1. The van der Waals surface area contributed by atoms with Crippen LogP contribution in [0, 0.1) is 0 Å². The van der Waals surface area contributed by atoms with Gasteiger partial charge >= 0.3 is 6.18 Å². The Bertz CT molecular complexity index is 245. The molecule has 0 amide bonds. The zero-order valence-electron chi connectivity index (χ0n) is 7.07. The average Bonchev–Trinajstić information content (AvgIpc) is 1.52. The van der Waals surface area contributed by atoms with Crippen LogP contribution in [0.5, 0.6) is 0 Å². The van der Waals surface area contributed by atoms with Crippen LogP contribution < -0.4 is 0 Å². The van der Waals surface area contributed by atoms with E-state index >= 15 is 0 Å². The molecular formula is C6H11F3O2S. The molecule has 2 nitrogen and oxygen atoms in total. The Morgan fingerprint density at radius 2 is 1.42 bits per heavy atom. The van der Waals surface area contributed by atoms with Crippen molar-refractivity contribution in [3.05, 3.63) is 0 Å². The molecule has 0 saturated heterocycles. The van der Waals surface area contributed by atoms with Crippen molar-refractivity contribution in [1.82, 2.24) is 0 Å². The van der Waals surface area contributed by atoms with Gasteiger partial charge in [0.05, 0.1) is 4.75 Å². The van der Waals surface area contributed by atoms with E-state index in [1.165, 1.54) is 20.8 Å². The van der Waals surface area contributed by atoms with Crippen LogP contribution in [-0.2, 0) is 9.84 Å². The van der Waals surface area contributed by atoms with Gasteiger partial charge in [-0.3, -0.25) is 0 Å². The van der Waals surface area contributed by atoms with Crippen molar-refractivity contribution in [3.63, 3.8) is 0 Å². The van der Waals surface area contributed by atoms with Crippen LogP contribution in [0.15, 0.2) is 0 Å². The minimum absolute atomic E-state index is 1.24. The van der Waals surface area contributed by atoms with Crippen LogP contribution in [0.25, 0.3) is 0 Å². The molecule has 0 aliphatic heterocycles. The van der Waals surface area contributed by atoms with Crippen molar-refractivity contribution in [1.29, 1.82) is 0 Å². The summed E-state index contributed by atoms with van der Waals surface area (Å²) in [4.78, 5) is 0. The summed E-state index contributed by atoms with van der Waals surface area (Å²) in [7, 11) is -4.08. The van der Waals surface area contributed by atoms with Crippen LogP contribution >= 0.6 is 0 Å². The van der Waals surface area contributed by atoms with Crippen LogP contribution in [-0.4, -0.2) is 25.1 Å². The fraction of sp³-hybridized carbons (Fsp3) is 1.00. The summed E-state index contributed by atoms with van der Waals surface area (Å²) < 4.78 is 55.7. The van der Waals surface area contributed by atoms with Crippen LogP contribution in [0.1, 0.15) is 20.8 Å². The summed E-state index contributed by atoms with van der Waals surface area (Å²) in [6.07, 6.45) is -4.65. The predicted octanol–water partition coefficient (Wildman–Crippen LogP) is 1.76. The molecule has 0 spiro atoms. The van der Waals surface area contributed by atoms with E-state index in [1.807, 2.05) is 0 Å². The van der Waals surface area contributed by atoms with Gasteiger partial charge in [0.15, 0.2) is 9.84 Å². The molecule has 74 valence electrons. The SMILES string of the molecule is CC(C)(C)S(=O)(=O)CC(F)(F)F. The Morgan fingerprint density at radius 1 is 1.08 bits per heavy atom. The van der Waals surface area contributed by atoms with E-state index in [0.717, 1.165) is 0 Å². The minimum atomic E-state index is -4.65.